The fourth-order valence-electron chi connectivity index (χ4n) is 5.11. The van der Waals surface area contributed by atoms with Crippen molar-refractivity contribution < 1.29 is 65.7 Å². The van der Waals surface area contributed by atoms with Crippen LogP contribution in [0.4, 0.5) is 0 Å². The van der Waals surface area contributed by atoms with Crippen molar-refractivity contribution in [3.8, 4) is 0 Å². The highest BCUT2D eigenvalue weighted by atomic mass is 32.2. The van der Waals surface area contributed by atoms with Crippen LogP contribution in [0.1, 0.15) is 124 Å². The molecule has 0 unspecified atom stereocenters. The van der Waals surface area contributed by atoms with E-state index >= 15 is 0 Å². The molecular weight excluding hydrogens is 742 g/mol. The van der Waals surface area contributed by atoms with Crippen LogP contribution in [0.15, 0.2) is 0 Å². The van der Waals surface area contributed by atoms with E-state index in [4.69, 9.17) is 33.3 Å². The van der Waals surface area contributed by atoms with Crippen molar-refractivity contribution in [2.75, 3.05) is 71.7 Å². The number of unbranched alkanes of at least 4 members (excludes halogenated alkanes) is 12. The van der Waals surface area contributed by atoms with Crippen LogP contribution in [0, 0.1) is 0 Å². The lowest BCUT2D eigenvalue weighted by Gasteiger charge is -2.24. The van der Waals surface area contributed by atoms with E-state index in [9.17, 15) is 32.4 Å². The first kappa shape index (κ1) is 52.1. The predicted molar refractivity (Wildman–Crippen MR) is 205 cm³/mol. The maximum atomic E-state index is 12.8. The Morgan fingerprint density at radius 3 is 1.53 bits per heavy atom. The Labute approximate surface area is 327 Å². The lowest BCUT2D eigenvalue weighted by molar-refractivity contribution is -0.159. The van der Waals surface area contributed by atoms with Crippen LogP contribution in [0.25, 0.3) is 0 Å². The first-order valence-electron chi connectivity index (χ1n) is 19.6. The fraction of sp³-hybridized carbons (Fsp3) is 0.865. The molecule has 0 aliphatic rings. The molecular formula is C37H69N3O14S. The van der Waals surface area contributed by atoms with Gasteiger partial charge < -0.3 is 44.7 Å². The number of ether oxygens (including phenoxy) is 5. The number of carbonyl (C=O) groups excluding carboxylic acids is 4. The van der Waals surface area contributed by atoms with Crippen molar-refractivity contribution in [1.82, 2.24) is 16.0 Å². The monoisotopic (exact) mass is 811 g/mol. The van der Waals surface area contributed by atoms with Gasteiger partial charge in [-0.1, -0.05) is 70.6 Å². The van der Waals surface area contributed by atoms with E-state index in [0.717, 1.165) is 64.2 Å². The minimum absolute atomic E-state index is 0.00298. The van der Waals surface area contributed by atoms with Crippen molar-refractivity contribution in [3.63, 3.8) is 0 Å². The smallest absolute Gasteiger partial charge is 0.329 e. The highest BCUT2D eigenvalue weighted by Gasteiger charge is 2.27. The summed E-state index contributed by atoms with van der Waals surface area (Å²) < 4.78 is 56.4. The number of esters is 1. The van der Waals surface area contributed by atoms with Gasteiger partial charge in [0.05, 0.1) is 45.4 Å². The maximum absolute atomic E-state index is 12.8. The first-order valence-corrected chi connectivity index (χ1v) is 21.2. The average molecular weight is 812 g/mol. The van der Waals surface area contributed by atoms with E-state index in [2.05, 4.69) is 16.0 Å². The van der Waals surface area contributed by atoms with Gasteiger partial charge in [-0.2, -0.15) is 8.42 Å². The van der Waals surface area contributed by atoms with Crippen LogP contribution < -0.4 is 16.0 Å². The Bertz CT molecular complexity index is 1160. The first-order chi connectivity index (χ1) is 26.1. The summed E-state index contributed by atoms with van der Waals surface area (Å²) in [6.45, 7) is 6.37. The molecule has 0 rings (SSSR count). The highest BCUT2D eigenvalue weighted by Crippen LogP contribution is 2.14. The van der Waals surface area contributed by atoms with Gasteiger partial charge in [0.1, 0.15) is 24.9 Å². The molecule has 0 aliphatic heterocycles. The van der Waals surface area contributed by atoms with Gasteiger partial charge in [-0.3, -0.25) is 18.9 Å². The largest absolute Gasteiger partial charge is 0.480 e. The van der Waals surface area contributed by atoms with Gasteiger partial charge in [0.15, 0.2) is 0 Å². The highest BCUT2D eigenvalue weighted by molar-refractivity contribution is 7.85. The predicted octanol–water partition coefficient (Wildman–Crippen LogP) is 3.33. The van der Waals surface area contributed by atoms with Gasteiger partial charge in [0.25, 0.3) is 10.1 Å². The fourth-order valence-corrected chi connectivity index (χ4v) is 5.68. The number of hydrogen-bond donors (Lipinski definition) is 5. The van der Waals surface area contributed by atoms with E-state index in [-0.39, 0.29) is 109 Å². The summed E-state index contributed by atoms with van der Waals surface area (Å²) in [5.41, 5.74) is -0.751. The zero-order chi connectivity index (χ0) is 41.2. The van der Waals surface area contributed by atoms with Crippen molar-refractivity contribution in [3.05, 3.63) is 0 Å². The van der Waals surface area contributed by atoms with E-state index in [1.165, 1.54) is 6.42 Å². The van der Waals surface area contributed by atoms with Gasteiger partial charge in [-0.15, -0.1) is 0 Å². The SMILES string of the molecule is CC(C)(C)OC(=O)[C@H](CCC(=O)NCCOCCOCC(=O)NCCOCCOCC(=O)O)NC(=O)CCCCCCCCCCCCCCCS(=O)(=O)O. The molecule has 0 aromatic heterocycles. The Morgan fingerprint density at radius 1 is 0.582 bits per heavy atom. The summed E-state index contributed by atoms with van der Waals surface area (Å²) >= 11 is 0. The molecule has 3 amide bonds. The number of rotatable bonds is 37. The second-order valence-electron chi connectivity index (χ2n) is 14.2. The summed E-state index contributed by atoms with van der Waals surface area (Å²) in [5, 5.41) is 16.6. The standard InChI is InChI=1S/C37H69N3O14S/c1-37(2,3)54-36(46)31(40-33(42)17-15-13-11-9-7-5-4-6-8-10-12-14-16-28-55(47,48)49)18-19-32(41)38-20-22-50-24-26-52-29-34(43)39-21-23-51-25-27-53-30-35(44)45/h31H,4-30H2,1-3H3,(H,38,41)(H,39,43)(H,40,42)(H,44,45)(H,47,48,49)/t31-/m0/s1. The van der Waals surface area contributed by atoms with Crippen molar-refractivity contribution in [2.24, 2.45) is 0 Å². The van der Waals surface area contributed by atoms with E-state index in [1.807, 2.05) is 0 Å². The molecule has 0 saturated heterocycles. The van der Waals surface area contributed by atoms with Crippen LogP contribution in [0.2, 0.25) is 0 Å². The number of amides is 3. The quantitative estimate of drug-likeness (QED) is 0.0344. The Kier molecular flexibility index (Phi) is 31.5. The summed E-state index contributed by atoms with van der Waals surface area (Å²) in [6.07, 6.45) is 13.3. The summed E-state index contributed by atoms with van der Waals surface area (Å²) in [7, 11) is -3.84. The van der Waals surface area contributed by atoms with Crippen LogP contribution >= 0.6 is 0 Å². The van der Waals surface area contributed by atoms with E-state index < -0.39 is 33.7 Å². The molecule has 0 spiro atoms. The molecule has 1 atom stereocenters. The molecule has 0 aliphatic carbocycles. The molecule has 0 radical (unpaired) electrons. The van der Waals surface area contributed by atoms with Crippen LogP contribution in [-0.4, -0.2) is 131 Å². The van der Waals surface area contributed by atoms with Gasteiger partial charge in [0, 0.05) is 25.9 Å². The number of carbonyl (C=O) groups is 5. The number of hydrogen-bond acceptors (Lipinski definition) is 12. The minimum atomic E-state index is -3.84. The molecule has 0 heterocycles. The number of aliphatic carboxylic acids is 1. The molecule has 17 nitrogen and oxygen atoms in total. The van der Waals surface area contributed by atoms with Crippen LogP contribution in [0.3, 0.4) is 0 Å². The van der Waals surface area contributed by atoms with Crippen molar-refractivity contribution in [2.45, 2.75) is 135 Å². The topological polar surface area (TPSA) is 242 Å². The molecule has 18 heteroatoms. The molecule has 0 saturated carbocycles. The van der Waals surface area contributed by atoms with Gasteiger partial charge in [-0.25, -0.2) is 9.59 Å². The Morgan fingerprint density at radius 2 is 1.04 bits per heavy atom. The van der Waals surface area contributed by atoms with E-state index in [0.29, 0.717) is 12.8 Å². The molecule has 0 bridgehead atoms. The zero-order valence-electron chi connectivity index (χ0n) is 33.4. The zero-order valence-corrected chi connectivity index (χ0v) is 34.2. The second kappa shape index (κ2) is 33.3. The lowest BCUT2D eigenvalue weighted by atomic mass is 10.0. The third-order valence-corrected chi connectivity index (χ3v) is 8.64. The molecule has 0 fully saturated rings. The molecule has 0 aromatic carbocycles. The Hall–Kier alpha value is -2.90. The van der Waals surface area contributed by atoms with Gasteiger partial charge in [0.2, 0.25) is 17.7 Å². The van der Waals surface area contributed by atoms with Crippen LogP contribution in [0.5, 0.6) is 0 Å². The summed E-state index contributed by atoms with van der Waals surface area (Å²) in [6, 6.07) is -0.947. The van der Waals surface area contributed by atoms with Crippen molar-refractivity contribution in [1.29, 1.82) is 0 Å². The van der Waals surface area contributed by atoms with Gasteiger partial charge in [-0.05, 0) is 40.0 Å². The third kappa shape index (κ3) is 39.1. The lowest BCUT2D eigenvalue weighted by Crippen LogP contribution is -2.44. The second-order valence-corrected chi connectivity index (χ2v) is 15.8. The Balaban J connectivity index is 4.04. The van der Waals surface area contributed by atoms with Gasteiger partial charge >= 0.3 is 11.9 Å². The number of nitrogens with one attached hydrogen (secondary N) is 3. The molecule has 5 N–H and O–H groups in total. The molecule has 0 aromatic rings. The van der Waals surface area contributed by atoms with Crippen LogP contribution in [-0.2, 0) is 57.8 Å². The normalized spacial score (nSPS) is 12.2. The third-order valence-electron chi connectivity index (χ3n) is 7.83. The average Bonchev–Trinajstić information content (AvgIpc) is 3.09. The number of carboxylic acids is 1. The molecule has 322 valence electrons. The number of carboxylic acid groups (broad SMARTS) is 1. The van der Waals surface area contributed by atoms with Crippen molar-refractivity contribution >= 4 is 39.8 Å². The van der Waals surface area contributed by atoms with E-state index in [1.54, 1.807) is 20.8 Å². The minimum Gasteiger partial charge on any atom is -0.480 e. The summed E-state index contributed by atoms with van der Waals surface area (Å²) in [5.74, 6) is -2.68. The summed E-state index contributed by atoms with van der Waals surface area (Å²) in [4.78, 5) is 60.0. The maximum Gasteiger partial charge on any atom is 0.329 e. The molecule has 55 heavy (non-hydrogen) atoms.